The van der Waals surface area contributed by atoms with Crippen molar-refractivity contribution in [3.63, 3.8) is 0 Å². The van der Waals surface area contributed by atoms with E-state index in [4.69, 9.17) is 0 Å². The van der Waals surface area contributed by atoms with Crippen molar-refractivity contribution in [1.82, 2.24) is 15.1 Å². The van der Waals surface area contributed by atoms with Gasteiger partial charge in [-0.2, -0.15) is 13.2 Å². The summed E-state index contributed by atoms with van der Waals surface area (Å²) in [7, 11) is 0. The second-order valence-corrected chi connectivity index (χ2v) is 5.68. The van der Waals surface area contributed by atoms with Crippen LogP contribution in [-0.2, 0) is 6.18 Å². The maximum absolute atomic E-state index is 13.3. The first-order chi connectivity index (χ1) is 12.3. The van der Waals surface area contributed by atoms with Gasteiger partial charge in [0.15, 0.2) is 23.1 Å². The number of rotatable bonds is 2. The summed E-state index contributed by atoms with van der Waals surface area (Å²) in [4.78, 5) is 15.5. The summed E-state index contributed by atoms with van der Waals surface area (Å²) in [6.45, 7) is 1.19. The molecule has 2 aromatic rings. The first-order valence-electron chi connectivity index (χ1n) is 7.66. The molecule has 0 atom stereocenters. The normalized spacial score (nSPS) is 15.3. The molecule has 138 valence electrons. The van der Waals surface area contributed by atoms with E-state index in [9.17, 15) is 26.7 Å². The van der Waals surface area contributed by atoms with Gasteiger partial charge < -0.3 is 9.80 Å². The molecule has 1 aliphatic heterocycles. The number of anilines is 1. The van der Waals surface area contributed by atoms with E-state index in [2.05, 4.69) is 10.2 Å². The minimum atomic E-state index is -4.55. The Morgan fingerprint density at radius 2 is 1.62 bits per heavy atom. The van der Waals surface area contributed by atoms with Crippen molar-refractivity contribution < 1.29 is 26.7 Å². The van der Waals surface area contributed by atoms with E-state index in [1.165, 1.54) is 17.0 Å². The third kappa shape index (κ3) is 3.73. The Morgan fingerprint density at radius 1 is 0.923 bits per heavy atom. The predicted octanol–water partition coefficient (Wildman–Crippen LogP) is 2.74. The zero-order valence-electron chi connectivity index (χ0n) is 13.3. The monoisotopic (exact) mass is 372 g/mol. The van der Waals surface area contributed by atoms with Crippen LogP contribution in [0.5, 0.6) is 0 Å². The molecule has 0 spiro atoms. The highest BCUT2D eigenvalue weighted by molar-refractivity contribution is 5.94. The highest BCUT2D eigenvalue weighted by atomic mass is 19.4. The van der Waals surface area contributed by atoms with Crippen LogP contribution in [0, 0.1) is 11.6 Å². The van der Waals surface area contributed by atoms with Crippen molar-refractivity contribution in [2.75, 3.05) is 31.1 Å². The van der Waals surface area contributed by atoms with Crippen LogP contribution in [0.25, 0.3) is 0 Å². The van der Waals surface area contributed by atoms with Crippen molar-refractivity contribution in [2.24, 2.45) is 0 Å². The van der Waals surface area contributed by atoms with Gasteiger partial charge in [0.25, 0.3) is 5.91 Å². The molecule has 1 aliphatic rings. The van der Waals surface area contributed by atoms with E-state index in [0.717, 1.165) is 18.2 Å². The fourth-order valence-corrected chi connectivity index (χ4v) is 2.60. The number of amides is 1. The largest absolute Gasteiger partial charge is 0.435 e. The van der Waals surface area contributed by atoms with E-state index < -0.39 is 29.4 Å². The molecule has 1 aromatic carbocycles. The number of carbonyl (C=O) groups is 1. The van der Waals surface area contributed by atoms with Crippen LogP contribution in [0.2, 0.25) is 0 Å². The lowest BCUT2D eigenvalue weighted by molar-refractivity contribution is -0.141. The number of carbonyl (C=O) groups excluding carboxylic acids is 1. The van der Waals surface area contributed by atoms with Crippen molar-refractivity contribution in [2.45, 2.75) is 6.18 Å². The smallest absolute Gasteiger partial charge is 0.352 e. The molecule has 3 rings (SSSR count). The summed E-state index contributed by atoms with van der Waals surface area (Å²) in [6, 6.07) is 5.00. The Labute approximate surface area is 145 Å². The Kier molecular flexibility index (Phi) is 4.75. The van der Waals surface area contributed by atoms with E-state index in [0.29, 0.717) is 13.1 Å². The lowest BCUT2D eigenvalue weighted by Gasteiger charge is -2.35. The van der Waals surface area contributed by atoms with Crippen LogP contribution < -0.4 is 4.90 Å². The van der Waals surface area contributed by atoms with Crippen LogP contribution in [0.3, 0.4) is 0 Å². The summed E-state index contributed by atoms with van der Waals surface area (Å²) in [6.07, 6.45) is -4.55. The molecule has 0 aliphatic carbocycles. The average molecular weight is 372 g/mol. The van der Waals surface area contributed by atoms with Gasteiger partial charge in [0, 0.05) is 31.7 Å². The maximum Gasteiger partial charge on any atom is 0.435 e. The van der Waals surface area contributed by atoms with Crippen LogP contribution in [0.1, 0.15) is 16.1 Å². The molecule has 26 heavy (non-hydrogen) atoms. The van der Waals surface area contributed by atoms with Gasteiger partial charge in [-0.3, -0.25) is 4.79 Å². The highest BCUT2D eigenvalue weighted by Gasteiger charge is 2.33. The Bertz CT molecular complexity index is 801. The van der Waals surface area contributed by atoms with Gasteiger partial charge in [-0.05, 0) is 30.3 Å². The summed E-state index contributed by atoms with van der Waals surface area (Å²) < 4.78 is 63.7. The Balaban J connectivity index is 1.63. The third-order valence-electron chi connectivity index (χ3n) is 4.00. The molecule has 5 nitrogen and oxygen atoms in total. The molecular weight excluding hydrogens is 359 g/mol. The SMILES string of the molecule is O=C(c1ccc(F)c(F)c1)N1CCN(c2ccc(C(F)(F)F)nn2)CC1. The molecule has 0 bridgehead atoms. The zero-order valence-corrected chi connectivity index (χ0v) is 13.3. The minimum absolute atomic E-state index is 0.0340. The molecule has 0 radical (unpaired) electrons. The minimum Gasteiger partial charge on any atom is -0.352 e. The molecule has 0 unspecified atom stereocenters. The molecule has 2 heterocycles. The van der Waals surface area contributed by atoms with Crippen molar-refractivity contribution in [3.05, 3.63) is 53.2 Å². The van der Waals surface area contributed by atoms with E-state index >= 15 is 0 Å². The maximum atomic E-state index is 13.3. The van der Waals surface area contributed by atoms with Gasteiger partial charge in [0.2, 0.25) is 0 Å². The number of hydrogen-bond acceptors (Lipinski definition) is 4. The number of benzene rings is 1. The number of aromatic nitrogens is 2. The van der Waals surface area contributed by atoms with Crippen LogP contribution in [0.4, 0.5) is 27.8 Å². The van der Waals surface area contributed by atoms with E-state index in [1.54, 1.807) is 4.90 Å². The number of alkyl halides is 3. The molecule has 1 aromatic heterocycles. The number of hydrogen-bond donors (Lipinski definition) is 0. The van der Waals surface area contributed by atoms with Gasteiger partial charge in [-0.1, -0.05) is 0 Å². The highest BCUT2D eigenvalue weighted by Crippen LogP contribution is 2.27. The molecular formula is C16H13F5N4O. The molecule has 0 saturated carbocycles. The van der Waals surface area contributed by atoms with Crippen molar-refractivity contribution >= 4 is 11.7 Å². The van der Waals surface area contributed by atoms with Crippen LogP contribution >= 0.6 is 0 Å². The molecule has 1 amide bonds. The number of halogens is 5. The third-order valence-corrected chi connectivity index (χ3v) is 4.00. The lowest BCUT2D eigenvalue weighted by atomic mass is 10.1. The fourth-order valence-electron chi connectivity index (χ4n) is 2.60. The Hall–Kier alpha value is -2.78. The summed E-state index contributed by atoms with van der Waals surface area (Å²) in [5.74, 6) is -2.30. The van der Waals surface area contributed by atoms with Crippen molar-refractivity contribution in [3.8, 4) is 0 Å². The van der Waals surface area contributed by atoms with Gasteiger partial charge in [-0.15, -0.1) is 10.2 Å². The first kappa shape index (κ1) is 18.0. The topological polar surface area (TPSA) is 49.3 Å². The summed E-state index contributed by atoms with van der Waals surface area (Å²) in [5.41, 5.74) is -1.04. The van der Waals surface area contributed by atoms with E-state index in [1.807, 2.05) is 0 Å². The second-order valence-electron chi connectivity index (χ2n) is 5.68. The van der Waals surface area contributed by atoms with Crippen molar-refractivity contribution in [1.29, 1.82) is 0 Å². The standard InChI is InChI=1S/C16H13F5N4O/c17-11-2-1-10(9-12(11)18)15(26)25-7-5-24(6-8-25)14-4-3-13(22-23-14)16(19,20)21/h1-4,9H,5-8H2. The van der Waals surface area contributed by atoms with Gasteiger partial charge in [-0.25, -0.2) is 8.78 Å². The van der Waals surface area contributed by atoms with Crippen LogP contribution in [-0.4, -0.2) is 47.2 Å². The molecule has 1 fully saturated rings. The quantitative estimate of drug-likeness (QED) is 0.761. The first-order valence-corrected chi connectivity index (χ1v) is 7.66. The Morgan fingerprint density at radius 3 is 2.15 bits per heavy atom. The predicted molar refractivity (Wildman–Crippen MR) is 81.5 cm³/mol. The molecule has 1 saturated heterocycles. The van der Waals surface area contributed by atoms with Gasteiger partial charge in [0.05, 0.1) is 0 Å². The van der Waals surface area contributed by atoms with E-state index in [-0.39, 0.29) is 24.5 Å². The lowest BCUT2D eigenvalue weighted by Crippen LogP contribution is -2.49. The summed E-state index contributed by atoms with van der Waals surface area (Å²) >= 11 is 0. The fraction of sp³-hybridized carbons (Fsp3) is 0.312. The van der Waals surface area contributed by atoms with Gasteiger partial charge >= 0.3 is 6.18 Å². The van der Waals surface area contributed by atoms with Crippen LogP contribution in [0.15, 0.2) is 30.3 Å². The average Bonchev–Trinajstić information content (AvgIpc) is 2.63. The zero-order chi connectivity index (χ0) is 18.9. The summed E-state index contributed by atoms with van der Waals surface area (Å²) in [5, 5.41) is 6.75. The van der Waals surface area contributed by atoms with Gasteiger partial charge in [0.1, 0.15) is 0 Å². The molecule has 0 N–H and O–H groups in total. The second kappa shape index (κ2) is 6.85. The molecule has 10 heteroatoms. The number of piperazine rings is 1. The number of nitrogens with zero attached hydrogens (tertiary/aromatic N) is 4.